The van der Waals surface area contributed by atoms with Crippen LogP contribution < -0.4 is 10.2 Å². The second kappa shape index (κ2) is 9.20. The van der Waals surface area contributed by atoms with E-state index >= 15 is 0 Å². The van der Waals surface area contributed by atoms with Crippen LogP contribution >= 0.6 is 0 Å². The van der Waals surface area contributed by atoms with Crippen molar-refractivity contribution in [1.29, 1.82) is 0 Å². The van der Waals surface area contributed by atoms with Crippen molar-refractivity contribution in [2.24, 2.45) is 5.92 Å². The molecule has 2 saturated heterocycles. The summed E-state index contributed by atoms with van der Waals surface area (Å²) in [4.78, 5) is 14.3. The molecule has 2 heterocycles. The Bertz CT molecular complexity index is 532. The molecular formula is C20H30N2O3. The van der Waals surface area contributed by atoms with Crippen LogP contribution in [0.25, 0.3) is 0 Å². The topological polar surface area (TPSA) is 61.8 Å². The van der Waals surface area contributed by atoms with Crippen LogP contribution in [0.2, 0.25) is 0 Å². The zero-order chi connectivity index (χ0) is 17.5. The lowest BCUT2D eigenvalue weighted by molar-refractivity contribution is -0.121. The van der Waals surface area contributed by atoms with Crippen LogP contribution in [0.4, 0.5) is 5.69 Å². The summed E-state index contributed by atoms with van der Waals surface area (Å²) in [7, 11) is 0. The van der Waals surface area contributed by atoms with Gasteiger partial charge in [-0.2, -0.15) is 0 Å². The van der Waals surface area contributed by atoms with Gasteiger partial charge in [-0.05, 0) is 55.7 Å². The molecule has 1 unspecified atom stereocenters. The molecule has 5 heteroatoms. The van der Waals surface area contributed by atoms with Crippen LogP contribution in [-0.2, 0) is 16.1 Å². The van der Waals surface area contributed by atoms with Gasteiger partial charge < -0.3 is 20.1 Å². The average Bonchev–Trinajstić information content (AvgIpc) is 3.19. The molecular weight excluding hydrogens is 316 g/mol. The van der Waals surface area contributed by atoms with E-state index in [1.54, 1.807) is 0 Å². The highest BCUT2D eigenvalue weighted by atomic mass is 16.5. The molecule has 0 saturated carbocycles. The predicted octanol–water partition coefficient (Wildman–Crippen LogP) is 2.47. The highest BCUT2D eigenvalue weighted by Gasteiger charge is 2.19. The van der Waals surface area contributed by atoms with Crippen LogP contribution in [0.3, 0.4) is 0 Å². The molecule has 0 bridgehead atoms. The number of benzene rings is 1. The number of carbonyl (C=O) groups is 1. The fraction of sp³-hybridized carbons (Fsp3) is 0.650. The Labute approximate surface area is 150 Å². The molecule has 25 heavy (non-hydrogen) atoms. The molecule has 0 aliphatic carbocycles. The Morgan fingerprint density at radius 3 is 2.60 bits per heavy atom. The summed E-state index contributed by atoms with van der Waals surface area (Å²) in [5.41, 5.74) is 2.35. The third kappa shape index (κ3) is 5.44. The normalized spacial score (nSPS) is 21.5. The van der Waals surface area contributed by atoms with E-state index in [1.165, 1.54) is 5.69 Å². The Morgan fingerprint density at radius 2 is 1.96 bits per heavy atom. The number of amides is 1. The van der Waals surface area contributed by atoms with Crippen LogP contribution in [-0.4, -0.2) is 43.4 Å². The largest absolute Gasteiger partial charge is 0.396 e. The van der Waals surface area contributed by atoms with Gasteiger partial charge in [-0.3, -0.25) is 4.79 Å². The summed E-state index contributed by atoms with van der Waals surface area (Å²) in [6, 6.07) is 8.45. The number of anilines is 1. The van der Waals surface area contributed by atoms with Gasteiger partial charge in [0.25, 0.3) is 0 Å². The summed E-state index contributed by atoms with van der Waals surface area (Å²) in [5, 5.41) is 12.2. The standard InChI is InChI=1S/C20H30N2O3/c23-15-17-9-11-22(12-10-17)18-5-3-16(4-6-18)14-21-20(24)8-7-19-2-1-13-25-19/h3-6,17,19,23H,1-2,7-15H2,(H,21,24). The summed E-state index contributed by atoms with van der Waals surface area (Å²) >= 11 is 0. The van der Waals surface area contributed by atoms with Gasteiger partial charge in [-0.25, -0.2) is 0 Å². The van der Waals surface area contributed by atoms with Gasteiger partial charge in [0.15, 0.2) is 0 Å². The molecule has 1 atom stereocenters. The van der Waals surface area contributed by atoms with E-state index in [1.807, 2.05) is 0 Å². The maximum absolute atomic E-state index is 12.0. The predicted molar refractivity (Wildman–Crippen MR) is 98.5 cm³/mol. The average molecular weight is 346 g/mol. The molecule has 2 aliphatic heterocycles. The van der Waals surface area contributed by atoms with Gasteiger partial charge in [0.1, 0.15) is 0 Å². The minimum absolute atomic E-state index is 0.102. The zero-order valence-corrected chi connectivity index (χ0v) is 15.0. The molecule has 0 aromatic heterocycles. The molecule has 1 aromatic rings. The van der Waals surface area contributed by atoms with Crippen molar-refractivity contribution in [2.45, 2.75) is 51.2 Å². The van der Waals surface area contributed by atoms with Crippen LogP contribution in [0, 0.1) is 5.92 Å². The van der Waals surface area contributed by atoms with Crippen molar-refractivity contribution < 1.29 is 14.6 Å². The Balaban J connectivity index is 1.39. The number of nitrogens with zero attached hydrogens (tertiary/aromatic N) is 1. The second-order valence-electron chi connectivity index (χ2n) is 7.23. The number of rotatable bonds is 7. The van der Waals surface area contributed by atoms with E-state index in [0.29, 0.717) is 25.5 Å². The number of nitrogens with one attached hydrogen (secondary N) is 1. The minimum Gasteiger partial charge on any atom is -0.396 e. The molecule has 0 radical (unpaired) electrons. The molecule has 3 rings (SSSR count). The van der Waals surface area contributed by atoms with E-state index in [2.05, 4.69) is 34.5 Å². The number of aliphatic hydroxyl groups excluding tert-OH is 1. The van der Waals surface area contributed by atoms with E-state index in [0.717, 1.165) is 57.4 Å². The molecule has 0 spiro atoms. The summed E-state index contributed by atoms with van der Waals surface area (Å²) in [5.74, 6) is 0.561. The minimum atomic E-state index is 0.102. The number of piperidine rings is 1. The Kier molecular flexibility index (Phi) is 6.70. The Morgan fingerprint density at radius 1 is 1.20 bits per heavy atom. The molecule has 1 aromatic carbocycles. The molecule has 1 amide bonds. The van der Waals surface area contributed by atoms with E-state index in [4.69, 9.17) is 4.74 Å². The van der Waals surface area contributed by atoms with Gasteiger partial charge in [-0.15, -0.1) is 0 Å². The third-order valence-electron chi connectivity index (χ3n) is 5.38. The number of hydrogen-bond acceptors (Lipinski definition) is 4. The van der Waals surface area contributed by atoms with E-state index in [-0.39, 0.29) is 12.0 Å². The van der Waals surface area contributed by atoms with Crippen molar-refractivity contribution in [2.75, 3.05) is 31.2 Å². The molecule has 2 N–H and O–H groups in total. The maximum atomic E-state index is 12.0. The SMILES string of the molecule is O=C(CCC1CCCO1)NCc1ccc(N2CCC(CO)CC2)cc1. The second-order valence-corrected chi connectivity index (χ2v) is 7.23. The Hall–Kier alpha value is -1.59. The number of aliphatic hydroxyl groups is 1. The lowest BCUT2D eigenvalue weighted by Gasteiger charge is -2.33. The van der Waals surface area contributed by atoms with Crippen molar-refractivity contribution in [3.05, 3.63) is 29.8 Å². The van der Waals surface area contributed by atoms with Crippen LogP contribution in [0.5, 0.6) is 0 Å². The highest BCUT2D eigenvalue weighted by molar-refractivity contribution is 5.75. The summed E-state index contributed by atoms with van der Waals surface area (Å²) in [6.07, 6.45) is 5.97. The molecule has 138 valence electrons. The number of ether oxygens (including phenoxy) is 1. The fourth-order valence-corrected chi connectivity index (χ4v) is 3.65. The summed E-state index contributed by atoms with van der Waals surface area (Å²) in [6.45, 7) is 3.74. The van der Waals surface area contributed by atoms with E-state index in [9.17, 15) is 9.90 Å². The first kappa shape index (κ1) is 18.2. The van der Waals surface area contributed by atoms with Crippen molar-refractivity contribution >= 4 is 11.6 Å². The lowest BCUT2D eigenvalue weighted by Crippen LogP contribution is -2.34. The smallest absolute Gasteiger partial charge is 0.220 e. The van der Waals surface area contributed by atoms with E-state index < -0.39 is 0 Å². The number of carbonyl (C=O) groups excluding carboxylic acids is 1. The summed E-state index contributed by atoms with van der Waals surface area (Å²) < 4.78 is 5.55. The fourth-order valence-electron chi connectivity index (χ4n) is 3.65. The van der Waals surface area contributed by atoms with Gasteiger partial charge in [0, 0.05) is 45.0 Å². The molecule has 5 nitrogen and oxygen atoms in total. The van der Waals surface area contributed by atoms with Gasteiger partial charge in [0.05, 0.1) is 6.10 Å². The van der Waals surface area contributed by atoms with Gasteiger partial charge in [0.2, 0.25) is 5.91 Å². The number of hydrogen-bond donors (Lipinski definition) is 2. The first-order valence-corrected chi connectivity index (χ1v) is 9.57. The molecule has 2 fully saturated rings. The van der Waals surface area contributed by atoms with Crippen LogP contribution in [0.15, 0.2) is 24.3 Å². The zero-order valence-electron chi connectivity index (χ0n) is 15.0. The van der Waals surface area contributed by atoms with Crippen LogP contribution in [0.1, 0.15) is 44.1 Å². The quantitative estimate of drug-likeness (QED) is 0.796. The molecule has 2 aliphatic rings. The van der Waals surface area contributed by atoms with Crippen molar-refractivity contribution in [3.63, 3.8) is 0 Å². The first-order valence-electron chi connectivity index (χ1n) is 9.57. The lowest BCUT2D eigenvalue weighted by atomic mass is 9.97. The van der Waals surface area contributed by atoms with Crippen molar-refractivity contribution in [3.8, 4) is 0 Å². The highest BCUT2D eigenvalue weighted by Crippen LogP contribution is 2.23. The van der Waals surface area contributed by atoms with Crippen molar-refractivity contribution in [1.82, 2.24) is 5.32 Å². The van der Waals surface area contributed by atoms with Gasteiger partial charge in [-0.1, -0.05) is 12.1 Å². The first-order chi connectivity index (χ1) is 12.2. The maximum Gasteiger partial charge on any atom is 0.220 e. The van der Waals surface area contributed by atoms with Gasteiger partial charge >= 0.3 is 0 Å². The third-order valence-corrected chi connectivity index (χ3v) is 5.38. The monoisotopic (exact) mass is 346 g/mol.